The minimum absolute atomic E-state index is 0.0253. The number of hydrogen-bond donors (Lipinski definition) is 1. The molecule has 1 N–H and O–H groups in total. The van der Waals surface area contributed by atoms with E-state index in [4.69, 9.17) is 4.74 Å². The molecule has 0 aromatic heterocycles. The van der Waals surface area contributed by atoms with Gasteiger partial charge in [0, 0.05) is 6.42 Å². The van der Waals surface area contributed by atoms with Crippen LogP contribution in [0.2, 0.25) is 0 Å². The molecule has 1 aliphatic heterocycles. The van der Waals surface area contributed by atoms with Crippen molar-refractivity contribution in [1.29, 1.82) is 0 Å². The highest BCUT2D eigenvalue weighted by atomic mass is 16.5. The van der Waals surface area contributed by atoms with Gasteiger partial charge in [-0.1, -0.05) is 78.1 Å². The second-order valence-electron chi connectivity index (χ2n) is 7.83. The summed E-state index contributed by atoms with van der Waals surface area (Å²) < 4.78 is 5.78. The van der Waals surface area contributed by atoms with Gasteiger partial charge in [-0.15, -0.1) is 0 Å². The molecule has 152 valence electrons. The zero-order valence-corrected chi connectivity index (χ0v) is 17.2. The largest absolute Gasteiger partial charge is 0.461 e. The molecule has 0 aromatic rings. The molecule has 1 saturated heterocycles. The summed E-state index contributed by atoms with van der Waals surface area (Å²) >= 11 is 0. The zero-order chi connectivity index (χ0) is 19.0. The van der Waals surface area contributed by atoms with Gasteiger partial charge in [-0.25, -0.2) is 4.79 Å². The highest BCUT2D eigenvalue weighted by molar-refractivity contribution is 5.88. The van der Waals surface area contributed by atoms with Gasteiger partial charge in [0.2, 0.25) is 5.91 Å². The van der Waals surface area contributed by atoms with Crippen molar-refractivity contribution in [3.05, 3.63) is 0 Å². The van der Waals surface area contributed by atoms with Crippen molar-refractivity contribution >= 4 is 11.9 Å². The predicted octanol–water partition coefficient (Wildman–Crippen LogP) is 5.68. The van der Waals surface area contributed by atoms with Crippen LogP contribution in [0.4, 0.5) is 0 Å². The summed E-state index contributed by atoms with van der Waals surface area (Å²) in [6.45, 7) is 4.47. The fourth-order valence-electron chi connectivity index (χ4n) is 3.60. The first-order valence-corrected chi connectivity index (χ1v) is 11.2. The fourth-order valence-corrected chi connectivity index (χ4v) is 3.60. The lowest BCUT2D eigenvalue weighted by atomic mass is 10.0. The molecule has 0 spiro atoms. The van der Waals surface area contributed by atoms with Gasteiger partial charge in [-0.2, -0.15) is 0 Å². The molecule has 1 fully saturated rings. The average molecular weight is 368 g/mol. The Morgan fingerprint density at radius 2 is 1.42 bits per heavy atom. The molecule has 1 heterocycles. The molecule has 4 heteroatoms. The summed E-state index contributed by atoms with van der Waals surface area (Å²) in [4.78, 5) is 23.6. The molecular weight excluding hydrogens is 326 g/mol. The summed E-state index contributed by atoms with van der Waals surface area (Å²) in [5, 5.41) is 2.73. The summed E-state index contributed by atoms with van der Waals surface area (Å²) in [5.41, 5.74) is 0. The number of unbranched alkanes of at least 4 members (excludes halogenated alkanes) is 10. The fraction of sp³-hybridized carbons (Fsp3) is 0.909. The lowest BCUT2D eigenvalue weighted by Crippen LogP contribution is -2.36. The quantitative estimate of drug-likeness (QED) is 0.282. The Morgan fingerprint density at radius 1 is 0.923 bits per heavy atom. The minimum Gasteiger partial charge on any atom is -0.461 e. The number of ether oxygens (including phenoxy) is 1. The molecular formula is C22H41NO3. The van der Waals surface area contributed by atoms with Crippen molar-refractivity contribution < 1.29 is 14.3 Å². The molecule has 0 aliphatic carbocycles. The van der Waals surface area contributed by atoms with E-state index in [0.29, 0.717) is 12.8 Å². The lowest BCUT2D eigenvalue weighted by molar-refractivity contribution is -0.152. The van der Waals surface area contributed by atoms with Crippen molar-refractivity contribution in [3.8, 4) is 0 Å². The van der Waals surface area contributed by atoms with Crippen molar-refractivity contribution in [3.63, 3.8) is 0 Å². The van der Waals surface area contributed by atoms with Crippen LogP contribution in [0, 0.1) is 0 Å². The van der Waals surface area contributed by atoms with Gasteiger partial charge >= 0.3 is 5.97 Å². The average Bonchev–Trinajstić information content (AvgIpc) is 3.07. The molecule has 26 heavy (non-hydrogen) atoms. The van der Waals surface area contributed by atoms with Crippen LogP contribution < -0.4 is 5.32 Å². The zero-order valence-electron chi connectivity index (χ0n) is 17.2. The van der Waals surface area contributed by atoms with Crippen molar-refractivity contribution in [2.24, 2.45) is 0 Å². The van der Waals surface area contributed by atoms with Crippen LogP contribution in [-0.4, -0.2) is 24.0 Å². The number of esters is 1. The molecule has 1 amide bonds. The highest BCUT2D eigenvalue weighted by Gasteiger charge is 2.30. The van der Waals surface area contributed by atoms with E-state index >= 15 is 0 Å². The lowest BCUT2D eigenvalue weighted by Gasteiger charge is -2.20. The number of hydrogen-bond acceptors (Lipinski definition) is 3. The Labute approximate surface area is 160 Å². The molecule has 1 atom stereocenters. The molecule has 0 aromatic carbocycles. The molecule has 1 rings (SSSR count). The first-order chi connectivity index (χ1) is 12.7. The first kappa shape index (κ1) is 23.0. The Hall–Kier alpha value is -1.06. The van der Waals surface area contributed by atoms with Crippen LogP contribution in [0.1, 0.15) is 117 Å². The smallest absolute Gasteiger partial charge is 0.328 e. The predicted molar refractivity (Wildman–Crippen MR) is 107 cm³/mol. The SMILES string of the molecule is CCCCCCCCC(CCCCCCCC)OC(=O)[C@@H]1CCC(=O)N1. The number of rotatable bonds is 16. The van der Waals surface area contributed by atoms with Gasteiger partial charge in [-0.05, 0) is 32.1 Å². The van der Waals surface area contributed by atoms with Crippen LogP contribution in [0.5, 0.6) is 0 Å². The van der Waals surface area contributed by atoms with Crippen molar-refractivity contribution in [2.75, 3.05) is 0 Å². The number of carbonyl (C=O) groups is 2. The van der Waals surface area contributed by atoms with E-state index in [0.717, 1.165) is 25.7 Å². The van der Waals surface area contributed by atoms with Gasteiger partial charge in [0.1, 0.15) is 12.1 Å². The topological polar surface area (TPSA) is 55.4 Å². The third kappa shape index (κ3) is 10.8. The van der Waals surface area contributed by atoms with Gasteiger partial charge in [0.25, 0.3) is 0 Å². The van der Waals surface area contributed by atoms with Crippen LogP contribution in [0.3, 0.4) is 0 Å². The minimum atomic E-state index is -0.417. The monoisotopic (exact) mass is 367 g/mol. The van der Waals surface area contributed by atoms with Crippen LogP contribution in [0.15, 0.2) is 0 Å². The third-order valence-electron chi connectivity index (χ3n) is 5.32. The normalized spacial score (nSPS) is 16.9. The molecule has 1 aliphatic rings. The van der Waals surface area contributed by atoms with E-state index in [9.17, 15) is 9.59 Å². The first-order valence-electron chi connectivity index (χ1n) is 11.2. The van der Waals surface area contributed by atoms with E-state index in [-0.39, 0.29) is 18.0 Å². The summed E-state index contributed by atoms with van der Waals surface area (Å²) in [6.07, 6.45) is 18.1. The van der Waals surface area contributed by atoms with Crippen molar-refractivity contribution in [1.82, 2.24) is 5.32 Å². The molecule has 0 bridgehead atoms. The summed E-state index contributed by atoms with van der Waals surface area (Å²) in [6, 6.07) is -0.417. The van der Waals surface area contributed by atoms with E-state index in [1.807, 2.05) is 0 Å². The Kier molecular flexibility index (Phi) is 13.3. The second kappa shape index (κ2) is 15.0. The number of amides is 1. The van der Waals surface area contributed by atoms with Gasteiger partial charge in [0.05, 0.1) is 0 Å². The van der Waals surface area contributed by atoms with Crippen LogP contribution >= 0.6 is 0 Å². The highest BCUT2D eigenvalue weighted by Crippen LogP contribution is 2.18. The summed E-state index contributed by atoms with van der Waals surface area (Å²) in [7, 11) is 0. The van der Waals surface area contributed by atoms with E-state index in [1.165, 1.54) is 64.2 Å². The Balaban J connectivity index is 2.29. The van der Waals surface area contributed by atoms with Gasteiger partial charge < -0.3 is 10.1 Å². The maximum Gasteiger partial charge on any atom is 0.328 e. The van der Waals surface area contributed by atoms with Crippen LogP contribution in [-0.2, 0) is 14.3 Å². The maximum absolute atomic E-state index is 12.3. The molecule has 4 nitrogen and oxygen atoms in total. The molecule has 0 radical (unpaired) electrons. The van der Waals surface area contributed by atoms with E-state index in [1.54, 1.807) is 0 Å². The maximum atomic E-state index is 12.3. The molecule has 0 unspecified atom stereocenters. The van der Waals surface area contributed by atoms with Crippen molar-refractivity contribution in [2.45, 2.75) is 129 Å². The molecule has 0 saturated carbocycles. The number of nitrogens with one attached hydrogen (secondary N) is 1. The van der Waals surface area contributed by atoms with Crippen LogP contribution in [0.25, 0.3) is 0 Å². The van der Waals surface area contributed by atoms with E-state index in [2.05, 4.69) is 19.2 Å². The Bertz CT molecular complexity index is 368. The Morgan fingerprint density at radius 3 is 1.88 bits per heavy atom. The van der Waals surface area contributed by atoms with Gasteiger partial charge in [0.15, 0.2) is 0 Å². The summed E-state index contributed by atoms with van der Waals surface area (Å²) in [5.74, 6) is -0.256. The standard InChI is InChI=1S/C22H41NO3/c1-3-5-7-9-11-13-15-19(16-14-12-10-8-6-4-2)26-22(25)20-17-18-21(24)23-20/h19-20H,3-18H2,1-2H3,(H,23,24)/t20-/m0/s1. The second-order valence-corrected chi connectivity index (χ2v) is 7.83. The van der Waals surface area contributed by atoms with E-state index < -0.39 is 6.04 Å². The van der Waals surface area contributed by atoms with Gasteiger partial charge in [-0.3, -0.25) is 4.79 Å². The third-order valence-corrected chi connectivity index (χ3v) is 5.32. The number of carbonyl (C=O) groups excluding carboxylic acids is 2.